The first-order valence-corrected chi connectivity index (χ1v) is 10.6. The molecule has 0 aliphatic heterocycles. The number of amides is 1. The Labute approximate surface area is 185 Å². The third-order valence-electron chi connectivity index (χ3n) is 5.73. The number of hydrogen-bond acceptors (Lipinski definition) is 7. The van der Waals surface area contributed by atoms with Crippen molar-refractivity contribution in [3.63, 3.8) is 0 Å². The molecule has 1 aliphatic carbocycles. The lowest BCUT2D eigenvalue weighted by atomic mass is 9.77. The Hall–Kier alpha value is -3.53. The van der Waals surface area contributed by atoms with Crippen LogP contribution in [0.25, 0.3) is 5.69 Å². The first-order valence-electron chi connectivity index (χ1n) is 10.6. The highest BCUT2D eigenvalue weighted by Crippen LogP contribution is 2.33. The number of aryl methyl sites for hydroxylation is 1. The fraction of sp³-hybridized carbons (Fsp3) is 0.364. The number of aromatic nitrogens is 4. The fourth-order valence-corrected chi connectivity index (χ4v) is 3.82. The molecule has 1 fully saturated rings. The second-order valence-electron chi connectivity index (χ2n) is 8.32. The fourth-order valence-electron chi connectivity index (χ4n) is 3.82. The third kappa shape index (κ3) is 4.54. The summed E-state index contributed by atoms with van der Waals surface area (Å²) in [5, 5.41) is 10.5. The van der Waals surface area contributed by atoms with Gasteiger partial charge < -0.3 is 22.1 Å². The Bertz CT molecular complexity index is 1120. The zero-order chi connectivity index (χ0) is 22.8. The number of anilines is 3. The second-order valence-corrected chi connectivity index (χ2v) is 8.32. The van der Waals surface area contributed by atoms with Crippen molar-refractivity contribution in [2.45, 2.75) is 45.2 Å². The van der Waals surface area contributed by atoms with Gasteiger partial charge in [0.2, 0.25) is 0 Å². The lowest BCUT2D eigenvalue weighted by Gasteiger charge is -2.37. The zero-order valence-corrected chi connectivity index (χ0v) is 18.0. The first kappa shape index (κ1) is 21.7. The minimum atomic E-state index is -0.792. The molecular weight excluding hydrogens is 411 g/mol. The highest BCUT2D eigenvalue weighted by atomic mass is 19.1. The van der Waals surface area contributed by atoms with E-state index in [-0.39, 0.29) is 29.3 Å². The Balaban J connectivity index is 1.65. The van der Waals surface area contributed by atoms with Crippen LogP contribution in [0, 0.1) is 18.7 Å². The van der Waals surface area contributed by atoms with Crippen molar-refractivity contribution >= 4 is 23.2 Å². The van der Waals surface area contributed by atoms with Crippen LogP contribution < -0.4 is 22.1 Å². The number of nitrogens with two attached hydrogens (primary N) is 2. The quantitative estimate of drug-likeness (QED) is 0.424. The first-order chi connectivity index (χ1) is 15.3. The van der Waals surface area contributed by atoms with E-state index in [1.54, 1.807) is 29.3 Å². The van der Waals surface area contributed by atoms with E-state index >= 15 is 0 Å². The molecule has 1 amide bonds. The van der Waals surface area contributed by atoms with Crippen molar-refractivity contribution in [1.82, 2.24) is 19.7 Å². The molecule has 0 spiro atoms. The molecule has 0 bridgehead atoms. The van der Waals surface area contributed by atoms with Crippen molar-refractivity contribution in [2.24, 2.45) is 17.4 Å². The molecule has 10 heteroatoms. The highest BCUT2D eigenvalue weighted by Gasteiger charge is 2.31. The summed E-state index contributed by atoms with van der Waals surface area (Å²) in [7, 11) is 0. The summed E-state index contributed by atoms with van der Waals surface area (Å²) in [6.07, 6.45) is 10.0. The maximum atomic E-state index is 14.8. The predicted molar refractivity (Wildman–Crippen MR) is 120 cm³/mol. The molecule has 4 rings (SSSR count). The third-order valence-corrected chi connectivity index (χ3v) is 5.73. The second kappa shape index (κ2) is 8.91. The van der Waals surface area contributed by atoms with E-state index in [9.17, 15) is 9.18 Å². The molecule has 6 N–H and O–H groups in total. The van der Waals surface area contributed by atoms with Crippen LogP contribution in [0.1, 0.15) is 42.1 Å². The van der Waals surface area contributed by atoms with E-state index in [4.69, 9.17) is 11.5 Å². The number of nitrogens with zero attached hydrogens (tertiary/aromatic N) is 4. The van der Waals surface area contributed by atoms with Gasteiger partial charge in [0.15, 0.2) is 11.6 Å². The van der Waals surface area contributed by atoms with Crippen LogP contribution in [0.3, 0.4) is 0 Å². The summed E-state index contributed by atoms with van der Waals surface area (Å²) in [5.41, 5.74) is 13.8. The van der Waals surface area contributed by atoms with Crippen LogP contribution in [0.5, 0.6) is 0 Å². The van der Waals surface area contributed by atoms with Crippen LogP contribution in [-0.4, -0.2) is 37.7 Å². The van der Waals surface area contributed by atoms with Gasteiger partial charge in [-0.05, 0) is 50.3 Å². The molecule has 1 aliphatic rings. The lowest BCUT2D eigenvalue weighted by molar-refractivity contribution is 0.100. The van der Waals surface area contributed by atoms with Gasteiger partial charge in [0.25, 0.3) is 5.91 Å². The molecule has 3 aromatic heterocycles. The lowest BCUT2D eigenvalue weighted by Crippen LogP contribution is -2.46. The number of carbonyl (C=O) groups is 1. The molecule has 3 aromatic rings. The van der Waals surface area contributed by atoms with Crippen LogP contribution in [-0.2, 0) is 0 Å². The smallest absolute Gasteiger partial charge is 0.252 e. The van der Waals surface area contributed by atoms with Gasteiger partial charge in [0.05, 0.1) is 35.5 Å². The average molecular weight is 439 g/mol. The number of primary amides is 1. The van der Waals surface area contributed by atoms with Crippen molar-refractivity contribution < 1.29 is 9.18 Å². The van der Waals surface area contributed by atoms with Crippen molar-refractivity contribution in [1.29, 1.82) is 0 Å². The summed E-state index contributed by atoms with van der Waals surface area (Å²) in [6, 6.07) is 2.58. The molecule has 0 aromatic carbocycles. The van der Waals surface area contributed by atoms with E-state index in [1.165, 1.54) is 0 Å². The molecule has 0 radical (unpaired) electrons. The standard InChI is InChI=1S/C22H27FN8O/c1-12-8-27-31(11-12)16-6-15(9-26-10-16)28-21-17(20(25)32)7-18(23)22(30-21)29-19(13(2)24)14-4-3-5-14/h6-11,13-14,19H,3-5,24H2,1-2H3,(H2,25,32)(H2,28,29,30)/t13-,19-/m0/s1. The maximum Gasteiger partial charge on any atom is 0.252 e. The van der Waals surface area contributed by atoms with Crippen LogP contribution >= 0.6 is 0 Å². The van der Waals surface area contributed by atoms with E-state index in [1.807, 2.05) is 20.0 Å². The molecule has 3 heterocycles. The van der Waals surface area contributed by atoms with Crippen LogP contribution in [0.2, 0.25) is 0 Å². The summed E-state index contributed by atoms with van der Waals surface area (Å²) in [4.78, 5) is 20.5. The van der Waals surface area contributed by atoms with Gasteiger partial charge in [-0.15, -0.1) is 0 Å². The number of carbonyl (C=O) groups excluding carboxylic acids is 1. The van der Waals surface area contributed by atoms with Gasteiger partial charge >= 0.3 is 0 Å². The number of halogens is 1. The minimum Gasteiger partial charge on any atom is -0.365 e. The molecule has 0 unspecified atom stereocenters. The van der Waals surface area contributed by atoms with Gasteiger partial charge in [0, 0.05) is 18.3 Å². The molecule has 1 saturated carbocycles. The Kier molecular flexibility index (Phi) is 6.04. The number of pyridine rings is 2. The van der Waals surface area contributed by atoms with Crippen molar-refractivity contribution in [3.8, 4) is 5.69 Å². The molecule has 0 saturated heterocycles. The normalized spacial score (nSPS) is 15.6. The van der Waals surface area contributed by atoms with Gasteiger partial charge in [-0.25, -0.2) is 14.1 Å². The SMILES string of the molecule is Cc1cnn(-c2cncc(Nc3nc(N[C@H](C4CCC4)[C@H](C)N)c(F)cc3C(N)=O)c2)c1. The Morgan fingerprint density at radius 2 is 2.03 bits per heavy atom. The highest BCUT2D eigenvalue weighted by molar-refractivity contribution is 5.98. The van der Waals surface area contributed by atoms with E-state index in [2.05, 4.69) is 25.7 Å². The van der Waals surface area contributed by atoms with Crippen LogP contribution in [0.4, 0.5) is 21.7 Å². The molecule has 168 valence electrons. The maximum absolute atomic E-state index is 14.8. The van der Waals surface area contributed by atoms with Gasteiger partial charge in [-0.3, -0.25) is 9.78 Å². The monoisotopic (exact) mass is 438 g/mol. The van der Waals surface area contributed by atoms with E-state index in [0.29, 0.717) is 17.3 Å². The van der Waals surface area contributed by atoms with Gasteiger partial charge in [-0.1, -0.05) is 6.42 Å². The topological polar surface area (TPSA) is 137 Å². The zero-order valence-electron chi connectivity index (χ0n) is 18.0. The summed E-state index contributed by atoms with van der Waals surface area (Å²) >= 11 is 0. The number of nitrogens with one attached hydrogen (secondary N) is 2. The summed E-state index contributed by atoms with van der Waals surface area (Å²) in [5.74, 6) is -0.928. The molecule has 9 nitrogen and oxygen atoms in total. The number of rotatable bonds is 8. The van der Waals surface area contributed by atoms with E-state index in [0.717, 1.165) is 30.9 Å². The largest absolute Gasteiger partial charge is 0.365 e. The van der Waals surface area contributed by atoms with Crippen LogP contribution in [0.15, 0.2) is 36.9 Å². The predicted octanol–water partition coefficient (Wildman–Crippen LogP) is 2.88. The summed E-state index contributed by atoms with van der Waals surface area (Å²) < 4.78 is 16.5. The van der Waals surface area contributed by atoms with Gasteiger partial charge in [0.1, 0.15) is 5.82 Å². The van der Waals surface area contributed by atoms with Crippen molar-refractivity contribution in [3.05, 3.63) is 53.9 Å². The Morgan fingerprint density at radius 3 is 2.62 bits per heavy atom. The summed E-state index contributed by atoms with van der Waals surface area (Å²) in [6.45, 7) is 3.83. The average Bonchev–Trinajstić information content (AvgIpc) is 3.14. The minimum absolute atomic E-state index is 0.0264. The molecule has 32 heavy (non-hydrogen) atoms. The van der Waals surface area contributed by atoms with Crippen molar-refractivity contribution in [2.75, 3.05) is 10.6 Å². The Morgan fingerprint density at radius 1 is 1.25 bits per heavy atom. The molecule has 2 atom stereocenters. The van der Waals surface area contributed by atoms with Gasteiger partial charge in [-0.2, -0.15) is 5.10 Å². The number of hydrogen-bond donors (Lipinski definition) is 4. The van der Waals surface area contributed by atoms with E-state index < -0.39 is 11.7 Å². The molecular formula is C22H27FN8O.